The van der Waals surface area contributed by atoms with Gasteiger partial charge in [-0.3, -0.25) is 0 Å². The monoisotopic (exact) mass is 424 g/mol. The average molecular weight is 424 g/mol. The van der Waals surface area contributed by atoms with Crippen molar-refractivity contribution in [2.75, 3.05) is 10.6 Å². The molecule has 2 N–H and O–H groups in total. The first kappa shape index (κ1) is 19.7. The second-order valence-electron chi connectivity index (χ2n) is 7.50. The fourth-order valence-electron chi connectivity index (χ4n) is 3.48. The van der Waals surface area contributed by atoms with Gasteiger partial charge in [-0.1, -0.05) is 42.5 Å². The standard InChI is InChI=1S/C25H21FN6/c1-17-6-5-7-20(14-17)29-23-22-16-28-32(21-8-3-2-4-9-21)24(22)31-25(30-23)27-15-18-10-12-19(26)13-11-18/h2-14,16H,15H2,1H3,(H2,27,29,30,31). The summed E-state index contributed by atoms with van der Waals surface area (Å²) < 4.78 is 15.0. The third kappa shape index (κ3) is 4.13. The Hall–Kier alpha value is -4.26. The van der Waals surface area contributed by atoms with Crippen molar-refractivity contribution in [3.63, 3.8) is 0 Å². The van der Waals surface area contributed by atoms with Gasteiger partial charge in [-0.05, 0) is 54.4 Å². The zero-order valence-electron chi connectivity index (χ0n) is 17.5. The molecule has 0 fully saturated rings. The maximum absolute atomic E-state index is 13.2. The van der Waals surface area contributed by atoms with Crippen LogP contribution in [0.15, 0.2) is 85.1 Å². The molecular weight excluding hydrogens is 403 g/mol. The molecule has 0 spiro atoms. The third-order valence-electron chi connectivity index (χ3n) is 5.07. The molecule has 32 heavy (non-hydrogen) atoms. The summed E-state index contributed by atoms with van der Waals surface area (Å²) in [5.41, 5.74) is 4.60. The van der Waals surface area contributed by atoms with Crippen LogP contribution in [0.1, 0.15) is 11.1 Å². The van der Waals surface area contributed by atoms with Gasteiger partial charge in [-0.2, -0.15) is 15.1 Å². The zero-order valence-corrected chi connectivity index (χ0v) is 17.5. The van der Waals surface area contributed by atoms with E-state index in [9.17, 15) is 4.39 Å². The normalized spacial score (nSPS) is 10.9. The van der Waals surface area contributed by atoms with Gasteiger partial charge in [0.05, 0.1) is 17.3 Å². The van der Waals surface area contributed by atoms with Crippen molar-refractivity contribution >= 4 is 28.5 Å². The highest BCUT2D eigenvalue weighted by molar-refractivity contribution is 5.90. The van der Waals surface area contributed by atoms with Crippen LogP contribution in [0.4, 0.5) is 21.8 Å². The molecule has 0 amide bonds. The lowest BCUT2D eigenvalue weighted by molar-refractivity contribution is 0.627. The predicted octanol–water partition coefficient (Wildman–Crippen LogP) is 5.62. The summed E-state index contributed by atoms with van der Waals surface area (Å²) in [7, 11) is 0. The molecule has 5 rings (SSSR count). The molecule has 0 aliphatic rings. The number of benzene rings is 3. The third-order valence-corrected chi connectivity index (χ3v) is 5.07. The van der Waals surface area contributed by atoms with E-state index in [-0.39, 0.29) is 5.82 Å². The molecule has 2 heterocycles. The fraction of sp³-hybridized carbons (Fsp3) is 0.0800. The van der Waals surface area contributed by atoms with E-state index in [1.165, 1.54) is 12.1 Å². The Morgan fingerprint density at radius 2 is 1.72 bits per heavy atom. The van der Waals surface area contributed by atoms with Crippen LogP contribution in [0.5, 0.6) is 0 Å². The van der Waals surface area contributed by atoms with Gasteiger partial charge in [0, 0.05) is 12.2 Å². The topological polar surface area (TPSA) is 67.7 Å². The van der Waals surface area contributed by atoms with E-state index < -0.39 is 0 Å². The highest BCUT2D eigenvalue weighted by atomic mass is 19.1. The summed E-state index contributed by atoms with van der Waals surface area (Å²) in [6, 6.07) is 24.3. The van der Waals surface area contributed by atoms with Crippen LogP contribution in [0.3, 0.4) is 0 Å². The molecule has 0 saturated carbocycles. The van der Waals surface area contributed by atoms with Crippen LogP contribution in [-0.2, 0) is 6.54 Å². The van der Waals surface area contributed by atoms with Crippen molar-refractivity contribution in [3.05, 3.63) is 102 Å². The van der Waals surface area contributed by atoms with E-state index in [4.69, 9.17) is 9.97 Å². The minimum atomic E-state index is -0.261. The summed E-state index contributed by atoms with van der Waals surface area (Å²) in [4.78, 5) is 9.43. The van der Waals surface area contributed by atoms with Crippen LogP contribution in [0.25, 0.3) is 16.7 Å². The van der Waals surface area contributed by atoms with Gasteiger partial charge < -0.3 is 10.6 Å². The molecule has 0 aliphatic heterocycles. The van der Waals surface area contributed by atoms with Crippen LogP contribution in [-0.4, -0.2) is 19.7 Å². The molecule has 0 radical (unpaired) electrons. The lowest BCUT2D eigenvalue weighted by Gasteiger charge is -2.11. The number of nitrogens with zero attached hydrogens (tertiary/aromatic N) is 4. The Morgan fingerprint density at radius 1 is 0.906 bits per heavy atom. The Labute approximate surface area is 184 Å². The van der Waals surface area contributed by atoms with E-state index in [2.05, 4.69) is 21.8 Å². The number of aryl methyl sites for hydroxylation is 1. The van der Waals surface area contributed by atoms with Crippen LogP contribution < -0.4 is 10.6 Å². The van der Waals surface area contributed by atoms with E-state index in [0.29, 0.717) is 24.0 Å². The molecule has 7 heteroatoms. The minimum absolute atomic E-state index is 0.261. The summed E-state index contributed by atoms with van der Waals surface area (Å²) in [5.74, 6) is 0.849. The number of hydrogen-bond donors (Lipinski definition) is 2. The Morgan fingerprint density at radius 3 is 2.50 bits per heavy atom. The largest absolute Gasteiger partial charge is 0.350 e. The lowest BCUT2D eigenvalue weighted by atomic mass is 10.2. The summed E-state index contributed by atoms with van der Waals surface area (Å²) in [6.45, 7) is 2.51. The van der Waals surface area contributed by atoms with Gasteiger partial charge in [-0.15, -0.1) is 0 Å². The molecule has 0 unspecified atom stereocenters. The van der Waals surface area contributed by atoms with Crippen molar-refractivity contribution in [2.24, 2.45) is 0 Å². The minimum Gasteiger partial charge on any atom is -0.350 e. The van der Waals surface area contributed by atoms with Crippen molar-refractivity contribution in [1.29, 1.82) is 0 Å². The van der Waals surface area contributed by atoms with Crippen molar-refractivity contribution in [2.45, 2.75) is 13.5 Å². The Bertz CT molecular complexity index is 1360. The predicted molar refractivity (Wildman–Crippen MR) is 125 cm³/mol. The molecule has 0 atom stereocenters. The molecule has 2 aromatic heterocycles. The van der Waals surface area contributed by atoms with Gasteiger partial charge in [0.1, 0.15) is 11.6 Å². The van der Waals surface area contributed by atoms with E-state index in [1.54, 1.807) is 23.0 Å². The number of nitrogens with one attached hydrogen (secondary N) is 2. The molecule has 158 valence electrons. The smallest absolute Gasteiger partial charge is 0.227 e. The summed E-state index contributed by atoms with van der Waals surface area (Å²) in [5, 5.41) is 12.0. The number of para-hydroxylation sites is 1. The maximum Gasteiger partial charge on any atom is 0.227 e. The first-order valence-corrected chi connectivity index (χ1v) is 10.3. The molecule has 5 aromatic rings. The van der Waals surface area contributed by atoms with Crippen molar-refractivity contribution < 1.29 is 4.39 Å². The van der Waals surface area contributed by atoms with Crippen LogP contribution in [0.2, 0.25) is 0 Å². The SMILES string of the molecule is Cc1cccc(Nc2nc(NCc3ccc(F)cc3)nc3c2cnn3-c2ccccc2)c1. The first-order valence-electron chi connectivity index (χ1n) is 10.3. The van der Waals surface area contributed by atoms with Gasteiger partial charge in [-0.25, -0.2) is 9.07 Å². The Kier molecular flexibility index (Phi) is 5.21. The first-order chi connectivity index (χ1) is 15.7. The number of rotatable bonds is 6. The van der Waals surface area contributed by atoms with E-state index in [0.717, 1.165) is 27.9 Å². The van der Waals surface area contributed by atoms with E-state index >= 15 is 0 Å². The van der Waals surface area contributed by atoms with Crippen molar-refractivity contribution in [1.82, 2.24) is 19.7 Å². The number of aromatic nitrogens is 4. The van der Waals surface area contributed by atoms with E-state index in [1.807, 2.05) is 55.5 Å². The fourth-order valence-corrected chi connectivity index (χ4v) is 3.48. The number of hydrogen-bond acceptors (Lipinski definition) is 5. The zero-order chi connectivity index (χ0) is 21.9. The summed E-state index contributed by atoms with van der Waals surface area (Å²) >= 11 is 0. The maximum atomic E-state index is 13.2. The lowest BCUT2D eigenvalue weighted by Crippen LogP contribution is -2.07. The molecule has 3 aromatic carbocycles. The molecule has 0 saturated heterocycles. The Balaban J connectivity index is 1.55. The highest BCUT2D eigenvalue weighted by Gasteiger charge is 2.14. The van der Waals surface area contributed by atoms with Crippen LogP contribution in [0, 0.1) is 12.7 Å². The number of halogens is 1. The second-order valence-corrected chi connectivity index (χ2v) is 7.50. The van der Waals surface area contributed by atoms with Gasteiger partial charge >= 0.3 is 0 Å². The molecular formula is C25H21FN6. The highest BCUT2D eigenvalue weighted by Crippen LogP contribution is 2.27. The van der Waals surface area contributed by atoms with Gasteiger partial charge in [0.25, 0.3) is 0 Å². The van der Waals surface area contributed by atoms with Gasteiger partial charge in [0.15, 0.2) is 5.65 Å². The number of anilines is 3. The van der Waals surface area contributed by atoms with Crippen molar-refractivity contribution in [3.8, 4) is 5.69 Å². The number of fused-ring (bicyclic) bond motifs is 1. The average Bonchev–Trinajstić information content (AvgIpc) is 3.24. The van der Waals surface area contributed by atoms with Gasteiger partial charge in [0.2, 0.25) is 5.95 Å². The quantitative estimate of drug-likeness (QED) is 0.370. The molecule has 0 aliphatic carbocycles. The molecule has 6 nitrogen and oxygen atoms in total. The summed E-state index contributed by atoms with van der Waals surface area (Å²) in [6.07, 6.45) is 1.77. The van der Waals surface area contributed by atoms with Crippen LogP contribution >= 0.6 is 0 Å². The molecule has 0 bridgehead atoms. The second kappa shape index (κ2) is 8.47.